The van der Waals surface area contributed by atoms with Crippen molar-refractivity contribution in [1.82, 2.24) is 15.6 Å². The minimum atomic E-state index is -1.08. The second-order valence-electron chi connectivity index (χ2n) is 3.66. The van der Waals surface area contributed by atoms with Gasteiger partial charge in [-0.05, 0) is 26.0 Å². The van der Waals surface area contributed by atoms with Gasteiger partial charge in [0.2, 0.25) is 0 Å². The van der Waals surface area contributed by atoms with Gasteiger partial charge in [-0.1, -0.05) is 6.07 Å². The van der Waals surface area contributed by atoms with Crippen molar-refractivity contribution in [2.45, 2.75) is 26.4 Å². The molecule has 2 amide bonds. The number of amides is 2. The van der Waals surface area contributed by atoms with Gasteiger partial charge in [0.1, 0.15) is 6.04 Å². The van der Waals surface area contributed by atoms with Crippen LogP contribution in [-0.2, 0) is 11.3 Å². The van der Waals surface area contributed by atoms with Crippen molar-refractivity contribution in [2.24, 2.45) is 0 Å². The largest absolute Gasteiger partial charge is 0.480 e. The summed E-state index contributed by atoms with van der Waals surface area (Å²) in [7, 11) is 0. The lowest BCUT2D eigenvalue weighted by Crippen LogP contribution is -2.44. The summed E-state index contributed by atoms with van der Waals surface area (Å²) in [5.74, 6) is -1.08. The summed E-state index contributed by atoms with van der Waals surface area (Å²) in [4.78, 5) is 26.0. The number of hydrogen-bond donors (Lipinski definition) is 3. The molecule has 92 valence electrons. The monoisotopic (exact) mass is 237 g/mol. The molecular formula is C11H15N3O3. The van der Waals surface area contributed by atoms with Crippen molar-refractivity contribution in [3.63, 3.8) is 0 Å². The van der Waals surface area contributed by atoms with Crippen LogP contribution < -0.4 is 10.6 Å². The fourth-order valence-electron chi connectivity index (χ4n) is 1.18. The summed E-state index contributed by atoms with van der Waals surface area (Å²) in [5.41, 5.74) is 1.59. The van der Waals surface area contributed by atoms with E-state index in [1.165, 1.54) is 6.92 Å². The van der Waals surface area contributed by atoms with Gasteiger partial charge in [-0.3, -0.25) is 9.78 Å². The molecule has 6 nitrogen and oxygen atoms in total. The van der Waals surface area contributed by atoms with Crippen molar-refractivity contribution in [2.75, 3.05) is 0 Å². The Labute approximate surface area is 99.1 Å². The fourth-order valence-corrected chi connectivity index (χ4v) is 1.18. The number of aliphatic carboxylic acids is 1. The molecule has 3 N–H and O–H groups in total. The third-order valence-electron chi connectivity index (χ3n) is 2.09. The third-order valence-corrected chi connectivity index (χ3v) is 2.09. The number of pyridine rings is 1. The van der Waals surface area contributed by atoms with Crippen LogP contribution in [-0.4, -0.2) is 28.1 Å². The average Bonchev–Trinajstić information content (AvgIpc) is 2.26. The molecule has 1 rings (SSSR count). The van der Waals surface area contributed by atoms with Crippen LogP contribution in [0.1, 0.15) is 18.3 Å². The van der Waals surface area contributed by atoms with E-state index < -0.39 is 18.0 Å². The molecule has 0 saturated heterocycles. The van der Waals surface area contributed by atoms with E-state index in [2.05, 4.69) is 15.6 Å². The Hall–Kier alpha value is -2.11. The van der Waals surface area contributed by atoms with E-state index in [4.69, 9.17) is 5.11 Å². The van der Waals surface area contributed by atoms with Gasteiger partial charge < -0.3 is 15.7 Å². The first-order valence-electron chi connectivity index (χ1n) is 5.18. The number of urea groups is 1. The lowest BCUT2D eigenvalue weighted by molar-refractivity contribution is -0.138. The van der Waals surface area contributed by atoms with Crippen molar-refractivity contribution in [1.29, 1.82) is 0 Å². The number of carbonyl (C=O) groups excluding carboxylic acids is 1. The smallest absolute Gasteiger partial charge is 0.325 e. The molecule has 0 aliphatic rings. The summed E-state index contributed by atoms with van der Waals surface area (Å²) < 4.78 is 0. The van der Waals surface area contributed by atoms with Crippen LogP contribution in [0.15, 0.2) is 18.2 Å². The van der Waals surface area contributed by atoms with Crippen LogP contribution in [0.5, 0.6) is 0 Å². The van der Waals surface area contributed by atoms with Crippen molar-refractivity contribution in [3.8, 4) is 0 Å². The maximum absolute atomic E-state index is 11.3. The number of carboxylic acid groups (broad SMARTS) is 1. The summed E-state index contributed by atoms with van der Waals surface area (Å²) in [5, 5.41) is 13.4. The second-order valence-corrected chi connectivity index (χ2v) is 3.66. The van der Waals surface area contributed by atoms with Gasteiger partial charge in [0.15, 0.2) is 0 Å². The number of rotatable bonds is 4. The molecule has 1 heterocycles. The number of nitrogens with zero attached hydrogens (tertiary/aromatic N) is 1. The first kappa shape index (κ1) is 13.0. The number of aryl methyl sites for hydroxylation is 1. The summed E-state index contributed by atoms with van der Waals surface area (Å²) in [6.45, 7) is 3.52. The second kappa shape index (κ2) is 5.83. The summed E-state index contributed by atoms with van der Waals surface area (Å²) in [6.07, 6.45) is 0. The first-order valence-corrected chi connectivity index (χ1v) is 5.18. The molecule has 1 aromatic rings. The number of aromatic nitrogens is 1. The molecule has 0 radical (unpaired) electrons. The Morgan fingerprint density at radius 2 is 2.18 bits per heavy atom. The molecule has 0 aliphatic carbocycles. The summed E-state index contributed by atoms with van der Waals surface area (Å²) in [6, 6.07) is 4.05. The van der Waals surface area contributed by atoms with Gasteiger partial charge in [0.05, 0.1) is 12.2 Å². The lowest BCUT2D eigenvalue weighted by Gasteiger charge is -2.10. The highest BCUT2D eigenvalue weighted by Crippen LogP contribution is 1.97. The van der Waals surface area contributed by atoms with Crippen LogP contribution in [0.4, 0.5) is 4.79 Å². The van der Waals surface area contributed by atoms with Gasteiger partial charge in [-0.15, -0.1) is 0 Å². The van der Waals surface area contributed by atoms with E-state index in [0.717, 1.165) is 11.4 Å². The fraction of sp³-hybridized carbons (Fsp3) is 0.364. The molecule has 0 saturated carbocycles. The highest BCUT2D eigenvalue weighted by Gasteiger charge is 2.13. The predicted octanol–water partition coefficient (Wildman–Crippen LogP) is 0.662. The molecule has 0 bridgehead atoms. The van der Waals surface area contributed by atoms with E-state index >= 15 is 0 Å². The molecular weight excluding hydrogens is 222 g/mol. The predicted molar refractivity (Wildman–Crippen MR) is 61.4 cm³/mol. The van der Waals surface area contributed by atoms with Crippen LogP contribution >= 0.6 is 0 Å². The Bertz CT molecular complexity index is 420. The average molecular weight is 237 g/mol. The summed E-state index contributed by atoms with van der Waals surface area (Å²) >= 11 is 0. The van der Waals surface area contributed by atoms with Crippen molar-refractivity contribution < 1.29 is 14.7 Å². The van der Waals surface area contributed by atoms with Crippen LogP contribution in [0, 0.1) is 6.92 Å². The molecule has 0 aromatic carbocycles. The standard InChI is InChI=1S/C11H15N3O3/c1-7-4-3-5-9(13-7)6-12-11(17)14-8(2)10(15)16/h3-5,8H,6H2,1-2H3,(H,15,16)(H2,12,14,17). The lowest BCUT2D eigenvalue weighted by atomic mass is 10.3. The van der Waals surface area contributed by atoms with E-state index in [0.29, 0.717) is 0 Å². The molecule has 1 unspecified atom stereocenters. The number of carboxylic acids is 1. The minimum absolute atomic E-state index is 0.264. The number of carbonyl (C=O) groups is 2. The molecule has 6 heteroatoms. The zero-order valence-electron chi connectivity index (χ0n) is 9.73. The van der Waals surface area contributed by atoms with Gasteiger partial charge in [0, 0.05) is 5.69 Å². The molecule has 0 spiro atoms. The first-order chi connectivity index (χ1) is 7.99. The Morgan fingerprint density at radius 3 is 2.76 bits per heavy atom. The maximum Gasteiger partial charge on any atom is 0.325 e. The Balaban J connectivity index is 2.41. The minimum Gasteiger partial charge on any atom is -0.480 e. The Morgan fingerprint density at radius 1 is 1.47 bits per heavy atom. The molecule has 0 aliphatic heterocycles. The molecule has 0 fully saturated rings. The molecule has 1 aromatic heterocycles. The van der Waals surface area contributed by atoms with E-state index in [1.807, 2.05) is 19.1 Å². The van der Waals surface area contributed by atoms with Crippen LogP contribution in [0.2, 0.25) is 0 Å². The maximum atomic E-state index is 11.3. The van der Waals surface area contributed by atoms with E-state index in [1.54, 1.807) is 6.07 Å². The zero-order chi connectivity index (χ0) is 12.8. The zero-order valence-corrected chi connectivity index (χ0v) is 9.73. The SMILES string of the molecule is Cc1cccc(CNC(=O)NC(C)C(=O)O)n1. The third kappa shape index (κ3) is 4.50. The highest BCUT2D eigenvalue weighted by molar-refractivity contribution is 5.82. The van der Waals surface area contributed by atoms with Gasteiger partial charge in [-0.2, -0.15) is 0 Å². The van der Waals surface area contributed by atoms with Crippen LogP contribution in [0.25, 0.3) is 0 Å². The number of nitrogens with one attached hydrogen (secondary N) is 2. The molecule has 1 atom stereocenters. The van der Waals surface area contributed by atoms with Crippen molar-refractivity contribution >= 4 is 12.0 Å². The normalized spacial score (nSPS) is 11.6. The van der Waals surface area contributed by atoms with Gasteiger partial charge >= 0.3 is 12.0 Å². The molecule has 17 heavy (non-hydrogen) atoms. The quantitative estimate of drug-likeness (QED) is 0.717. The van der Waals surface area contributed by atoms with E-state index in [-0.39, 0.29) is 6.54 Å². The topological polar surface area (TPSA) is 91.3 Å². The highest BCUT2D eigenvalue weighted by atomic mass is 16.4. The Kier molecular flexibility index (Phi) is 4.45. The van der Waals surface area contributed by atoms with Gasteiger partial charge in [-0.25, -0.2) is 4.79 Å². The number of hydrogen-bond acceptors (Lipinski definition) is 3. The van der Waals surface area contributed by atoms with Gasteiger partial charge in [0.25, 0.3) is 0 Å². The van der Waals surface area contributed by atoms with Crippen molar-refractivity contribution in [3.05, 3.63) is 29.6 Å². The van der Waals surface area contributed by atoms with Crippen LogP contribution in [0.3, 0.4) is 0 Å². The van der Waals surface area contributed by atoms with E-state index in [9.17, 15) is 9.59 Å².